The number of ether oxygens (including phenoxy) is 1. The summed E-state index contributed by atoms with van der Waals surface area (Å²) in [4.78, 5) is 17.7. The number of nitrogens with zero attached hydrogens (tertiary/aromatic N) is 2. The number of carboxylic acid groups (broad SMARTS) is 1. The molecule has 0 bridgehead atoms. The Morgan fingerprint density at radius 1 is 1.03 bits per heavy atom. The highest BCUT2D eigenvalue weighted by Crippen LogP contribution is 2.41. The van der Waals surface area contributed by atoms with Gasteiger partial charge in [-0.2, -0.15) is 0 Å². The number of anilines is 1. The molecule has 3 aromatic rings. The van der Waals surface area contributed by atoms with Crippen molar-refractivity contribution in [3.05, 3.63) is 89.4 Å². The summed E-state index contributed by atoms with van der Waals surface area (Å²) in [6.07, 6.45) is 0.813. The third-order valence-electron chi connectivity index (χ3n) is 4.71. The molecule has 1 fully saturated rings. The van der Waals surface area contributed by atoms with Crippen LogP contribution in [-0.2, 0) is 4.79 Å². The first-order valence-electron chi connectivity index (χ1n) is 9.22. The minimum Gasteiger partial charge on any atom is -0.482 e. The van der Waals surface area contributed by atoms with Gasteiger partial charge in [0.1, 0.15) is 11.6 Å². The second-order valence-corrected chi connectivity index (χ2v) is 7.12. The molecule has 0 aromatic heterocycles. The molecular formula is C23H19ClN2O3. The summed E-state index contributed by atoms with van der Waals surface area (Å²) in [6, 6.07) is 25.2. The number of hydrogen-bond acceptors (Lipinski definition) is 3. The second-order valence-electron chi connectivity index (χ2n) is 6.68. The number of rotatable bonds is 6. The predicted octanol–water partition coefficient (Wildman–Crippen LogP) is 5.49. The van der Waals surface area contributed by atoms with Crippen molar-refractivity contribution in [3.63, 3.8) is 0 Å². The molecule has 1 heterocycles. The molecule has 3 aromatic carbocycles. The van der Waals surface area contributed by atoms with Crippen molar-refractivity contribution < 1.29 is 14.6 Å². The van der Waals surface area contributed by atoms with E-state index in [-0.39, 0.29) is 12.6 Å². The van der Waals surface area contributed by atoms with Gasteiger partial charge in [0, 0.05) is 17.1 Å². The Hall–Kier alpha value is -3.31. The first-order chi connectivity index (χ1) is 14.1. The van der Waals surface area contributed by atoms with Gasteiger partial charge < -0.3 is 14.7 Å². The van der Waals surface area contributed by atoms with Crippen molar-refractivity contribution in [2.75, 3.05) is 11.5 Å². The van der Waals surface area contributed by atoms with Crippen LogP contribution in [0.5, 0.6) is 5.75 Å². The van der Waals surface area contributed by atoms with Crippen molar-refractivity contribution in [2.24, 2.45) is 4.99 Å². The van der Waals surface area contributed by atoms with Crippen LogP contribution in [0.15, 0.2) is 83.9 Å². The molecule has 1 unspecified atom stereocenters. The lowest BCUT2D eigenvalue weighted by Gasteiger charge is -2.44. The van der Waals surface area contributed by atoms with E-state index in [1.54, 1.807) is 12.1 Å². The van der Waals surface area contributed by atoms with Crippen LogP contribution in [0.3, 0.4) is 0 Å². The van der Waals surface area contributed by atoms with Crippen LogP contribution in [0, 0.1) is 0 Å². The van der Waals surface area contributed by atoms with Crippen LogP contribution in [0.4, 0.5) is 11.4 Å². The lowest BCUT2D eigenvalue weighted by molar-refractivity contribution is -0.139. The number of carbonyl (C=O) groups is 1. The first-order valence-corrected chi connectivity index (χ1v) is 9.60. The van der Waals surface area contributed by atoms with E-state index in [2.05, 4.69) is 4.90 Å². The molecule has 1 atom stereocenters. The van der Waals surface area contributed by atoms with E-state index in [9.17, 15) is 4.79 Å². The Bertz CT molecular complexity index is 1020. The van der Waals surface area contributed by atoms with Crippen LogP contribution in [0.25, 0.3) is 0 Å². The Morgan fingerprint density at radius 2 is 1.72 bits per heavy atom. The maximum absolute atomic E-state index is 10.7. The number of amidine groups is 1. The van der Waals surface area contributed by atoms with Crippen LogP contribution < -0.4 is 9.64 Å². The fourth-order valence-corrected chi connectivity index (χ4v) is 3.44. The lowest BCUT2D eigenvalue weighted by Crippen LogP contribution is -2.46. The third-order valence-corrected chi connectivity index (χ3v) is 4.96. The van der Waals surface area contributed by atoms with E-state index in [0.717, 1.165) is 29.2 Å². The van der Waals surface area contributed by atoms with Gasteiger partial charge in [-0.3, -0.25) is 0 Å². The van der Waals surface area contributed by atoms with Gasteiger partial charge in [-0.1, -0.05) is 41.9 Å². The summed E-state index contributed by atoms with van der Waals surface area (Å²) in [7, 11) is 0. The summed E-state index contributed by atoms with van der Waals surface area (Å²) in [5, 5.41) is 9.47. The monoisotopic (exact) mass is 406 g/mol. The van der Waals surface area contributed by atoms with Gasteiger partial charge in [0.15, 0.2) is 6.61 Å². The molecule has 0 saturated carbocycles. The van der Waals surface area contributed by atoms with E-state index in [1.807, 2.05) is 66.7 Å². The largest absolute Gasteiger partial charge is 0.482 e. The molecule has 146 valence electrons. The molecule has 0 spiro atoms. The molecule has 0 radical (unpaired) electrons. The van der Waals surface area contributed by atoms with Crippen LogP contribution in [0.2, 0.25) is 5.02 Å². The molecule has 0 aliphatic carbocycles. The molecule has 1 aliphatic rings. The zero-order chi connectivity index (χ0) is 20.2. The summed E-state index contributed by atoms with van der Waals surface area (Å²) in [5.74, 6) is 0.480. The fraction of sp³-hybridized carbons (Fsp3) is 0.130. The number of aliphatic imine (C=N–C) groups is 1. The number of carboxylic acids is 1. The Labute approximate surface area is 173 Å². The van der Waals surface area contributed by atoms with Crippen LogP contribution >= 0.6 is 11.6 Å². The number of benzene rings is 3. The average Bonchev–Trinajstić information content (AvgIpc) is 2.72. The van der Waals surface area contributed by atoms with Gasteiger partial charge in [0.2, 0.25) is 0 Å². The SMILES string of the molecule is O=C(O)COc1ccc(N2/C(=N/c3ccccc3)CC2c2ccc(Cl)cc2)cc1. The predicted molar refractivity (Wildman–Crippen MR) is 114 cm³/mol. The average molecular weight is 407 g/mol. The van der Waals surface area contributed by atoms with Crippen molar-refractivity contribution in [1.82, 2.24) is 0 Å². The lowest BCUT2D eigenvalue weighted by atomic mass is 9.92. The van der Waals surface area contributed by atoms with Gasteiger partial charge in [0.05, 0.1) is 11.7 Å². The highest BCUT2D eigenvalue weighted by Gasteiger charge is 2.36. The van der Waals surface area contributed by atoms with Gasteiger partial charge in [-0.25, -0.2) is 9.79 Å². The van der Waals surface area contributed by atoms with E-state index in [0.29, 0.717) is 10.8 Å². The highest BCUT2D eigenvalue weighted by molar-refractivity contribution is 6.30. The number of hydrogen-bond donors (Lipinski definition) is 1. The Kier molecular flexibility index (Phi) is 5.49. The summed E-state index contributed by atoms with van der Waals surface area (Å²) in [6.45, 7) is -0.364. The van der Waals surface area contributed by atoms with Crippen LogP contribution in [-0.4, -0.2) is 23.5 Å². The Morgan fingerprint density at radius 3 is 2.38 bits per heavy atom. The molecule has 1 saturated heterocycles. The smallest absolute Gasteiger partial charge is 0.341 e. The minimum atomic E-state index is -1.00. The summed E-state index contributed by atoms with van der Waals surface area (Å²) >= 11 is 6.04. The van der Waals surface area contributed by atoms with Crippen molar-refractivity contribution >= 4 is 34.8 Å². The maximum Gasteiger partial charge on any atom is 0.341 e. The number of para-hydroxylation sites is 1. The van der Waals surface area contributed by atoms with Crippen LogP contribution in [0.1, 0.15) is 18.0 Å². The standard InChI is InChI=1S/C23H19ClN2O3/c24-17-8-6-16(7-9-17)21-14-22(25-18-4-2-1-3-5-18)26(21)19-10-12-20(13-11-19)29-15-23(27)28/h1-13,21H,14-15H2,(H,27,28)/b25-22+. The highest BCUT2D eigenvalue weighted by atomic mass is 35.5. The molecule has 4 rings (SSSR count). The number of aliphatic carboxylic acids is 1. The van der Waals surface area contributed by atoms with E-state index in [1.165, 1.54) is 0 Å². The topological polar surface area (TPSA) is 62.1 Å². The van der Waals surface area contributed by atoms with Gasteiger partial charge in [-0.05, 0) is 54.1 Å². The first kappa shape index (κ1) is 19.0. The van der Waals surface area contributed by atoms with E-state index >= 15 is 0 Å². The Balaban J connectivity index is 1.62. The van der Waals surface area contributed by atoms with E-state index in [4.69, 9.17) is 26.4 Å². The molecular weight excluding hydrogens is 388 g/mol. The maximum atomic E-state index is 10.7. The summed E-state index contributed by atoms with van der Waals surface area (Å²) < 4.78 is 5.24. The second kappa shape index (κ2) is 8.37. The fourth-order valence-electron chi connectivity index (χ4n) is 3.31. The van der Waals surface area contributed by atoms with Crippen molar-refractivity contribution in [2.45, 2.75) is 12.5 Å². The molecule has 29 heavy (non-hydrogen) atoms. The molecule has 1 aliphatic heterocycles. The molecule has 0 amide bonds. The zero-order valence-corrected chi connectivity index (χ0v) is 16.3. The molecule has 6 heteroatoms. The molecule has 5 nitrogen and oxygen atoms in total. The quantitative estimate of drug-likeness (QED) is 0.588. The minimum absolute atomic E-state index is 0.153. The van der Waals surface area contributed by atoms with Gasteiger partial charge in [0.25, 0.3) is 0 Å². The van der Waals surface area contributed by atoms with E-state index < -0.39 is 5.97 Å². The summed E-state index contributed by atoms with van der Waals surface area (Å²) in [5.41, 5.74) is 3.03. The normalized spacial score (nSPS) is 17.1. The van der Waals surface area contributed by atoms with Crippen molar-refractivity contribution in [1.29, 1.82) is 0 Å². The van der Waals surface area contributed by atoms with Crippen molar-refractivity contribution in [3.8, 4) is 5.75 Å². The third kappa shape index (κ3) is 4.41. The number of halogens is 1. The zero-order valence-electron chi connectivity index (χ0n) is 15.5. The molecule has 1 N–H and O–H groups in total. The van der Waals surface area contributed by atoms with Gasteiger partial charge in [-0.15, -0.1) is 0 Å². The van der Waals surface area contributed by atoms with Gasteiger partial charge >= 0.3 is 5.97 Å².